The molecule has 0 aliphatic carbocycles. The third kappa shape index (κ3) is 5.02. The maximum Gasteiger partial charge on any atom is 0.338 e. The predicted molar refractivity (Wildman–Crippen MR) is 124 cm³/mol. The maximum absolute atomic E-state index is 12.6. The number of carboxylic acid groups (broad SMARTS) is 1. The van der Waals surface area contributed by atoms with Crippen LogP contribution in [0.4, 0.5) is 0 Å². The molecule has 0 aromatic heterocycles. The minimum absolute atomic E-state index is 0.145. The van der Waals surface area contributed by atoms with Gasteiger partial charge < -0.3 is 19.7 Å². The van der Waals surface area contributed by atoms with Gasteiger partial charge in [-0.2, -0.15) is 0 Å². The molecule has 6 heteroatoms. The van der Waals surface area contributed by atoms with Crippen molar-refractivity contribution < 1.29 is 29.3 Å². The Morgan fingerprint density at radius 2 is 1.42 bits per heavy atom. The molecule has 4 aromatic rings. The Morgan fingerprint density at radius 1 is 0.788 bits per heavy atom. The lowest BCUT2D eigenvalue weighted by Gasteiger charge is -2.13. The first-order chi connectivity index (χ1) is 15.9. The summed E-state index contributed by atoms with van der Waals surface area (Å²) in [6.45, 7) is 0.145. The van der Waals surface area contributed by atoms with Crippen LogP contribution < -0.4 is 4.74 Å². The summed E-state index contributed by atoms with van der Waals surface area (Å²) in [5.74, 6) is -0.730. The lowest BCUT2D eigenvalue weighted by Crippen LogP contribution is -2.05. The van der Waals surface area contributed by atoms with E-state index in [0.717, 1.165) is 22.1 Å². The van der Waals surface area contributed by atoms with Crippen molar-refractivity contribution in [3.05, 3.63) is 113 Å². The molecule has 0 fully saturated rings. The zero-order valence-electron chi connectivity index (χ0n) is 17.9. The Kier molecular flexibility index (Phi) is 6.38. The first-order valence-corrected chi connectivity index (χ1v) is 10.3. The first kappa shape index (κ1) is 22.0. The average Bonchev–Trinajstić information content (AvgIpc) is 2.86. The van der Waals surface area contributed by atoms with Crippen molar-refractivity contribution in [1.29, 1.82) is 0 Å². The van der Waals surface area contributed by atoms with E-state index in [1.807, 2.05) is 30.3 Å². The van der Waals surface area contributed by atoms with Crippen molar-refractivity contribution >= 4 is 22.7 Å². The van der Waals surface area contributed by atoms with E-state index in [-0.39, 0.29) is 12.2 Å². The number of methoxy groups -OCH3 is 1. The van der Waals surface area contributed by atoms with E-state index in [1.54, 1.807) is 49.6 Å². The molecule has 33 heavy (non-hydrogen) atoms. The highest BCUT2D eigenvalue weighted by molar-refractivity contribution is 5.95. The van der Waals surface area contributed by atoms with Crippen LogP contribution >= 0.6 is 0 Å². The lowest BCUT2D eigenvalue weighted by molar-refractivity contribution is 0.0472. The Hall–Kier alpha value is -4.16. The van der Waals surface area contributed by atoms with Gasteiger partial charge in [-0.15, -0.1) is 0 Å². The molecule has 0 amide bonds. The molecule has 4 rings (SSSR count). The van der Waals surface area contributed by atoms with Crippen molar-refractivity contribution in [1.82, 2.24) is 0 Å². The van der Waals surface area contributed by atoms with Crippen LogP contribution in [0.3, 0.4) is 0 Å². The topological polar surface area (TPSA) is 93.1 Å². The van der Waals surface area contributed by atoms with Gasteiger partial charge in [0.15, 0.2) is 0 Å². The molecule has 0 aliphatic heterocycles. The van der Waals surface area contributed by atoms with Gasteiger partial charge in [0, 0.05) is 0 Å². The second-order valence-electron chi connectivity index (χ2n) is 7.58. The summed E-state index contributed by atoms with van der Waals surface area (Å²) in [4.78, 5) is 23.6. The summed E-state index contributed by atoms with van der Waals surface area (Å²) in [5.41, 5.74) is 2.63. The van der Waals surface area contributed by atoms with Gasteiger partial charge in [0.1, 0.15) is 18.5 Å². The monoisotopic (exact) mass is 442 g/mol. The van der Waals surface area contributed by atoms with Crippen LogP contribution in [0.2, 0.25) is 0 Å². The van der Waals surface area contributed by atoms with Gasteiger partial charge >= 0.3 is 11.9 Å². The van der Waals surface area contributed by atoms with Gasteiger partial charge in [-0.05, 0) is 69.9 Å². The molecule has 1 atom stereocenters. The van der Waals surface area contributed by atoms with Gasteiger partial charge in [0.05, 0.1) is 18.2 Å². The van der Waals surface area contributed by atoms with Crippen molar-refractivity contribution in [3.8, 4) is 5.75 Å². The smallest absolute Gasteiger partial charge is 0.338 e. The second-order valence-corrected chi connectivity index (χ2v) is 7.58. The molecule has 0 radical (unpaired) electrons. The SMILES string of the molecule is COc1ccc(COC(=O)c2ccc3ccc(C(O)c4ccc(C(=O)O)cc4)cc3c2)cc1. The molecule has 1 unspecified atom stereocenters. The summed E-state index contributed by atoms with van der Waals surface area (Å²) in [6, 6.07) is 24.1. The number of aromatic carboxylic acids is 1. The van der Waals surface area contributed by atoms with Gasteiger partial charge in [-0.25, -0.2) is 9.59 Å². The van der Waals surface area contributed by atoms with Gasteiger partial charge in [0.2, 0.25) is 0 Å². The fourth-order valence-electron chi connectivity index (χ4n) is 3.52. The van der Waals surface area contributed by atoms with Crippen LogP contribution in [-0.2, 0) is 11.3 Å². The number of aliphatic hydroxyl groups is 1. The number of fused-ring (bicyclic) bond motifs is 1. The molecule has 2 N–H and O–H groups in total. The molecule has 0 bridgehead atoms. The van der Waals surface area contributed by atoms with E-state index in [1.165, 1.54) is 12.1 Å². The number of hydrogen-bond donors (Lipinski definition) is 2. The number of aliphatic hydroxyl groups excluding tert-OH is 1. The van der Waals surface area contributed by atoms with E-state index in [2.05, 4.69) is 0 Å². The van der Waals surface area contributed by atoms with Crippen LogP contribution in [0.5, 0.6) is 5.75 Å². The van der Waals surface area contributed by atoms with Crippen LogP contribution in [0.1, 0.15) is 43.5 Å². The summed E-state index contributed by atoms with van der Waals surface area (Å²) < 4.78 is 10.6. The third-order valence-corrected chi connectivity index (χ3v) is 5.42. The Labute approximate surface area is 190 Å². The van der Waals surface area contributed by atoms with E-state index >= 15 is 0 Å². The van der Waals surface area contributed by atoms with Gasteiger partial charge in [-0.3, -0.25) is 0 Å². The molecule has 166 valence electrons. The van der Waals surface area contributed by atoms with E-state index in [0.29, 0.717) is 16.7 Å². The number of ether oxygens (including phenoxy) is 2. The quantitative estimate of drug-likeness (QED) is 0.392. The van der Waals surface area contributed by atoms with Crippen molar-refractivity contribution in [2.24, 2.45) is 0 Å². The fraction of sp³-hybridized carbons (Fsp3) is 0.111. The van der Waals surface area contributed by atoms with Crippen molar-refractivity contribution in [2.75, 3.05) is 7.11 Å². The number of carbonyl (C=O) groups is 2. The van der Waals surface area contributed by atoms with Crippen LogP contribution in [0.25, 0.3) is 10.8 Å². The first-order valence-electron chi connectivity index (χ1n) is 10.3. The molecule has 4 aromatic carbocycles. The number of benzene rings is 4. The maximum atomic E-state index is 12.6. The lowest BCUT2D eigenvalue weighted by atomic mass is 9.97. The highest BCUT2D eigenvalue weighted by atomic mass is 16.5. The highest BCUT2D eigenvalue weighted by Gasteiger charge is 2.14. The minimum Gasteiger partial charge on any atom is -0.497 e. The third-order valence-electron chi connectivity index (χ3n) is 5.42. The normalized spacial score (nSPS) is 11.7. The zero-order chi connectivity index (χ0) is 23.4. The van der Waals surface area contributed by atoms with Crippen LogP contribution in [0.15, 0.2) is 84.9 Å². The summed E-state index contributed by atoms with van der Waals surface area (Å²) >= 11 is 0. The van der Waals surface area contributed by atoms with Crippen LogP contribution in [0, 0.1) is 0 Å². The summed E-state index contributed by atoms with van der Waals surface area (Å²) in [5, 5.41) is 21.5. The van der Waals surface area contributed by atoms with Gasteiger partial charge in [0.25, 0.3) is 0 Å². The van der Waals surface area contributed by atoms with E-state index < -0.39 is 18.0 Å². The number of hydrogen-bond acceptors (Lipinski definition) is 5. The molecule has 0 saturated carbocycles. The zero-order valence-corrected chi connectivity index (χ0v) is 17.9. The number of carboxylic acids is 1. The summed E-state index contributed by atoms with van der Waals surface area (Å²) in [6.07, 6.45) is -0.928. The standard InChI is InChI=1S/C27H22O6/c1-32-24-12-2-17(3-13-24)16-33-27(31)22-11-5-18-4-10-21(14-23(18)15-22)25(28)19-6-8-20(9-7-19)26(29)30/h2-15,25,28H,16H2,1H3,(H,29,30). The van der Waals surface area contributed by atoms with Crippen molar-refractivity contribution in [3.63, 3.8) is 0 Å². The molecule has 0 heterocycles. The number of rotatable bonds is 7. The van der Waals surface area contributed by atoms with Crippen LogP contribution in [-0.4, -0.2) is 29.3 Å². The molecule has 0 aliphatic rings. The molecular formula is C27H22O6. The van der Waals surface area contributed by atoms with Gasteiger partial charge in [-0.1, -0.05) is 42.5 Å². The number of carbonyl (C=O) groups excluding carboxylic acids is 1. The predicted octanol–water partition coefficient (Wildman–Crippen LogP) is 4.99. The Morgan fingerprint density at radius 3 is 2.09 bits per heavy atom. The molecule has 0 spiro atoms. The molecule has 0 saturated heterocycles. The van der Waals surface area contributed by atoms with E-state index in [4.69, 9.17) is 14.6 Å². The number of esters is 1. The Bertz CT molecular complexity index is 1290. The molecular weight excluding hydrogens is 420 g/mol. The largest absolute Gasteiger partial charge is 0.497 e. The van der Waals surface area contributed by atoms with E-state index in [9.17, 15) is 14.7 Å². The average molecular weight is 442 g/mol. The molecule has 6 nitrogen and oxygen atoms in total. The summed E-state index contributed by atoms with van der Waals surface area (Å²) in [7, 11) is 1.59. The second kappa shape index (κ2) is 9.54. The minimum atomic E-state index is -1.02. The highest BCUT2D eigenvalue weighted by Crippen LogP contribution is 2.27. The Balaban J connectivity index is 1.51. The fourth-order valence-corrected chi connectivity index (χ4v) is 3.52. The van der Waals surface area contributed by atoms with Crippen molar-refractivity contribution in [2.45, 2.75) is 12.7 Å².